The maximum atomic E-state index is 11.4. The summed E-state index contributed by atoms with van der Waals surface area (Å²) in [5.41, 5.74) is 11.1. The van der Waals surface area contributed by atoms with Gasteiger partial charge in [0.1, 0.15) is 12.6 Å². The molecule has 1 aromatic rings. The highest BCUT2D eigenvalue weighted by atomic mass is 16.7. The van der Waals surface area contributed by atoms with E-state index in [4.69, 9.17) is 16.2 Å². The lowest BCUT2D eigenvalue weighted by Gasteiger charge is -2.09. The zero-order chi connectivity index (χ0) is 15.0. The third-order valence-electron chi connectivity index (χ3n) is 2.39. The Bertz CT molecular complexity index is 475. The van der Waals surface area contributed by atoms with Crippen LogP contribution in [0, 0.1) is 0 Å². The van der Waals surface area contributed by atoms with E-state index < -0.39 is 24.1 Å². The Labute approximate surface area is 115 Å². The highest BCUT2D eigenvalue weighted by Gasteiger charge is 2.20. The van der Waals surface area contributed by atoms with Crippen LogP contribution in [0.3, 0.4) is 0 Å². The van der Waals surface area contributed by atoms with Gasteiger partial charge in [0, 0.05) is 6.42 Å². The summed E-state index contributed by atoms with van der Waals surface area (Å²) in [5, 5.41) is 0. The molecule has 20 heavy (non-hydrogen) atoms. The van der Waals surface area contributed by atoms with Crippen LogP contribution < -0.4 is 11.5 Å². The first-order valence-electron chi connectivity index (χ1n) is 5.95. The summed E-state index contributed by atoms with van der Waals surface area (Å²) in [6, 6.07) is 7.82. The second kappa shape index (κ2) is 7.90. The van der Waals surface area contributed by atoms with Gasteiger partial charge in [0.25, 0.3) is 0 Å². The van der Waals surface area contributed by atoms with Gasteiger partial charge in [-0.2, -0.15) is 0 Å². The number of carbonyl (C=O) groups excluding carboxylic acids is 3. The van der Waals surface area contributed by atoms with Crippen molar-refractivity contribution in [1.82, 2.24) is 0 Å². The molecular weight excluding hydrogens is 264 g/mol. The second-order valence-electron chi connectivity index (χ2n) is 4.06. The second-order valence-corrected chi connectivity index (χ2v) is 4.06. The number of carbonyl (C=O) groups is 3. The zero-order valence-corrected chi connectivity index (χ0v) is 10.8. The number of nitrogens with two attached hydrogens (primary N) is 2. The van der Waals surface area contributed by atoms with Crippen molar-refractivity contribution in [2.24, 2.45) is 11.5 Å². The van der Waals surface area contributed by atoms with Crippen LogP contribution in [0.15, 0.2) is 30.3 Å². The van der Waals surface area contributed by atoms with Crippen molar-refractivity contribution in [3.05, 3.63) is 35.9 Å². The standard InChI is InChI=1S/C13H16N2O5/c14-10(6-7-11(15)16)12(17)20-13(18)19-8-9-4-2-1-3-5-9/h1-5,10H,6-8,14H2,(H2,15,16)/t10-/m0/s1. The third-order valence-corrected chi connectivity index (χ3v) is 2.39. The molecule has 1 atom stereocenters. The van der Waals surface area contributed by atoms with Gasteiger partial charge in [0.05, 0.1) is 0 Å². The molecule has 1 aromatic carbocycles. The van der Waals surface area contributed by atoms with Crippen molar-refractivity contribution in [3.8, 4) is 0 Å². The van der Waals surface area contributed by atoms with Gasteiger partial charge in [0.2, 0.25) is 5.91 Å². The Hall–Kier alpha value is -2.41. The number of hydrogen-bond acceptors (Lipinski definition) is 6. The lowest BCUT2D eigenvalue weighted by atomic mass is 10.2. The van der Waals surface area contributed by atoms with E-state index in [0.29, 0.717) is 0 Å². The molecular formula is C13H16N2O5. The van der Waals surface area contributed by atoms with Gasteiger partial charge in [-0.25, -0.2) is 9.59 Å². The summed E-state index contributed by atoms with van der Waals surface area (Å²) in [6.45, 7) is -0.0104. The van der Waals surface area contributed by atoms with Gasteiger partial charge in [-0.3, -0.25) is 4.79 Å². The smallest absolute Gasteiger partial charge is 0.429 e. The SMILES string of the molecule is NC(=O)CC[C@H](N)C(=O)OC(=O)OCc1ccccc1. The van der Waals surface area contributed by atoms with Crippen molar-refractivity contribution in [2.45, 2.75) is 25.5 Å². The van der Waals surface area contributed by atoms with E-state index in [0.717, 1.165) is 5.56 Å². The minimum Gasteiger partial charge on any atom is -0.429 e. The average Bonchev–Trinajstić information content (AvgIpc) is 2.43. The molecule has 0 aliphatic heterocycles. The number of amides is 1. The molecule has 1 rings (SSSR count). The van der Waals surface area contributed by atoms with E-state index in [1.54, 1.807) is 24.3 Å². The van der Waals surface area contributed by atoms with Gasteiger partial charge in [-0.05, 0) is 12.0 Å². The van der Waals surface area contributed by atoms with Crippen molar-refractivity contribution in [3.63, 3.8) is 0 Å². The van der Waals surface area contributed by atoms with Crippen LogP contribution in [0.1, 0.15) is 18.4 Å². The van der Waals surface area contributed by atoms with Crippen molar-refractivity contribution >= 4 is 18.0 Å². The fourth-order valence-electron chi connectivity index (χ4n) is 1.32. The highest BCUT2D eigenvalue weighted by molar-refractivity contribution is 5.86. The van der Waals surface area contributed by atoms with E-state index in [2.05, 4.69) is 4.74 Å². The van der Waals surface area contributed by atoms with Crippen LogP contribution in [-0.2, 0) is 25.7 Å². The third kappa shape index (κ3) is 5.96. The van der Waals surface area contributed by atoms with E-state index in [-0.39, 0.29) is 19.4 Å². The Morgan fingerprint density at radius 3 is 2.40 bits per heavy atom. The van der Waals surface area contributed by atoms with Gasteiger partial charge in [-0.15, -0.1) is 0 Å². The summed E-state index contributed by atoms with van der Waals surface area (Å²) in [5.74, 6) is -1.54. The Kier molecular flexibility index (Phi) is 6.18. The molecule has 0 aromatic heterocycles. The van der Waals surface area contributed by atoms with Gasteiger partial charge in [-0.1, -0.05) is 30.3 Å². The minimum atomic E-state index is -1.13. The van der Waals surface area contributed by atoms with Gasteiger partial charge >= 0.3 is 12.1 Å². The van der Waals surface area contributed by atoms with Crippen molar-refractivity contribution < 1.29 is 23.9 Å². The lowest BCUT2D eigenvalue weighted by molar-refractivity contribution is -0.141. The number of esters is 1. The number of hydrogen-bond donors (Lipinski definition) is 2. The molecule has 0 spiro atoms. The molecule has 0 fully saturated rings. The summed E-state index contributed by atoms with van der Waals surface area (Å²) < 4.78 is 9.13. The Morgan fingerprint density at radius 2 is 1.80 bits per heavy atom. The molecule has 108 valence electrons. The summed E-state index contributed by atoms with van der Waals surface area (Å²) in [7, 11) is 0. The molecule has 4 N–H and O–H groups in total. The maximum Gasteiger partial charge on any atom is 0.516 e. The molecule has 0 bridgehead atoms. The Morgan fingerprint density at radius 1 is 1.15 bits per heavy atom. The zero-order valence-electron chi connectivity index (χ0n) is 10.8. The molecule has 0 unspecified atom stereocenters. The lowest BCUT2D eigenvalue weighted by Crippen LogP contribution is -2.35. The fraction of sp³-hybridized carbons (Fsp3) is 0.308. The van der Waals surface area contributed by atoms with Crippen LogP contribution in [0.25, 0.3) is 0 Å². The molecule has 0 aliphatic rings. The van der Waals surface area contributed by atoms with Crippen molar-refractivity contribution in [1.29, 1.82) is 0 Å². The van der Waals surface area contributed by atoms with E-state index in [1.807, 2.05) is 6.07 Å². The summed E-state index contributed by atoms with van der Waals surface area (Å²) >= 11 is 0. The van der Waals surface area contributed by atoms with Crippen LogP contribution in [0.2, 0.25) is 0 Å². The average molecular weight is 280 g/mol. The molecule has 0 aliphatic carbocycles. The number of primary amides is 1. The maximum absolute atomic E-state index is 11.4. The molecule has 7 nitrogen and oxygen atoms in total. The topological polar surface area (TPSA) is 122 Å². The predicted octanol–water partition coefficient (Wildman–Crippen LogP) is 0.459. The molecule has 0 saturated carbocycles. The Balaban J connectivity index is 2.31. The summed E-state index contributed by atoms with van der Waals surface area (Å²) in [4.78, 5) is 33.2. The van der Waals surface area contributed by atoms with Crippen LogP contribution in [0.5, 0.6) is 0 Å². The molecule has 7 heteroatoms. The first kappa shape index (κ1) is 15.6. The number of benzene rings is 1. The first-order valence-corrected chi connectivity index (χ1v) is 5.95. The molecule has 0 radical (unpaired) electrons. The molecule has 1 amide bonds. The predicted molar refractivity (Wildman–Crippen MR) is 69.1 cm³/mol. The van der Waals surface area contributed by atoms with E-state index in [1.165, 1.54) is 0 Å². The monoisotopic (exact) mass is 280 g/mol. The normalized spacial score (nSPS) is 11.4. The van der Waals surface area contributed by atoms with E-state index >= 15 is 0 Å². The van der Waals surface area contributed by atoms with E-state index in [9.17, 15) is 14.4 Å². The molecule has 0 saturated heterocycles. The number of ether oxygens (including phenoxy) is 2. The van der Waals surface area contributed by atoms with Gasteiger partial charge in [0.15, 0.2) is 0 Å². The fourth-order valence-corrected chi connectivity index (χ4v) is 1.32. The van der Waals surface area contributed by atoms with Crippen LogP contribution in [0.4, 0.5) is 4.79 Å². The van der Waals surface area contributed by atoms with Gasteiger partial charge < -0.3 is 20.9 Å². The first-order chi connectivity index (χ1) is 9.49. The highest BCUT2D eigenvalue weighted by Crippen LogP contribution is 2.03. The molecule has 0 heterocycles. The number of rotatable bonds is 6. The summed E-state index contributed by atoms with van der Waals surface area (Å²) in [6.07, 6.45) is -1.18. The minimum absolute atomic E-state index is 0.0104. The van der Waals surface area contributed by atoms with Crippen LogP contribution >= 0.6 is 0 Å². The largest absolute Gasteiger partial charge is 0.516 e. The quantitative estimate of drug-likeness (QED) is 0.576. The van der Waals surface area contributed by atoms with Crippen LogP contribution in [-0.4, -0.2) is 24.1 Å². The van der Waals surface area contributed by atoms with Crippen molar-refractivity contribution in [2.75, 3.05) is 0 Å².